The van der Waals surface area contributed by atoms with Gasteiger partial charge in [0.1, 0.15) is 10.9 Å². The fourth-order valence-electron chi connectivity index (χ4n) is 3.75. The molecule has 9 heteroatoms. The largest absolute Gasteiger partial charge is 0.497 e. The van der Waals surface area contributed by atoms with Crippen LogP contribution in [0.5, 0.6) is 5.75 Å². The van der Waals surface area contributed by atoms with E-state index in [0.717, 1.165) is 11.1 Å². The van der Waals surface area contributed by atoms with Gasteiger partial charge in [0, 0.05) is 27.8 Å². The normalized spacial score (nSPS) is 11.2. The molecular formula is C25H16Cl3N3O3. The molecule has 0 aliphatic carbocycles. The van der Waals surface area contributed by atoms with Crippen molar-refractivity contribution in [1.82, 2.24) is 14.5 Å². The Labute approximate surface area is 209 Å². The first-order chi connectivity index (χ1) is 16.5. The van der Waals surface area contributed by atoms with Gasteiger partial charge in [0.2, 0.25) is 11.7 Å². The van der Waals surface area contributed by atoms with Crippen molar-refractivity contribution in [2.45, 2.75) is 6.54 Å². The standard InChI is InChI=1S/C25H16Cl3N3O3/c1-33-17-6-7-20-18(10-17)22(24(28)31(20)13-15-4-5-16(26)9-19(15)27)23(32)21-12-30-25(34-21)14-3-2-8-29-11-14/h2-12H,13H2,1H3. The van der Waals surface area contributed by atoms with Gasteiger partial charge in [-0.1, -0.05) is 40.9 Å². The molecule has 0 saturated carbocycles. The first-order valence-electron chi connectivity index (χ1n) is 10.2. The maximum Gasteiger partial charge on any atom is 0.233 e. The van der Waals surface area contributed by atoms with Crippen molar-refractivity contribution < 1.29 is 13.9 Å². The Kier molecular flexibility index (Phi) is 6.04. The molecular weight excluding hydrogens is 497 g/mol. The Balaban J connectivity index is 1.62. The van der Waals surface area contributed by atoms with E-state index in [1.807, 2.05) is 22.8 Å². The highest BCUT2D eigenvalue weighted by molar-refractivity contribution is 6.37. The molecule has 0 bridgehead atoms. The van der Waals surface area contributed by atoms with Crippen molar-refractivity contribution in [2.24, 2.45) is 0 Å². The van der Waals surface area contributed by atoms with Crippen molar-refractivity contribution in [3.8, 4) is 17.2 Å². The smallest absolute Gasteiger partial charge is 0.233 e. The Morgan fingerprint density at radius 2 is 1.94 bits per heavy atom. The third-order valence-corrected chi connectivity index (χ3v) is 6.40. The van der Waals surface area contributed by atoms with E-state index in [4.69, 9.17) is 44.0 Å². The maximum absolute atomic E-state index is 13.6. The zero-order valence-electron chi connectivity index (χ0n) is 17.8. The lowest BCUT2D eigenvalue weighted by Gasteiger charge is -2.10. The van der Waals surface area contributed by atoms with Gasteiger partial charge in [0.25, 0.3) is 0 Å². The zero-order chi connectivity index (χ0) is 23.8. The van der Waals surface area contributed by atoms with E-state index in [-0.39, 0.29) is 16.5 Å². The molecule has 3 heterocycles. The minimum Gasteiger partial charge on any atom is -0.497 e. The maximum atomic E-state index is 13.6. The molecule has 3 aromatic heterocycles. The summed E-state index contributed by atoms with van der Waals surface area (Å²) in [5.74, 6) is 0.550. The zero-order valence-corrected chi connectivity index (χ0v) is 20.0. The van der Waals surface area contributed by atoms with Gasteiger partial charge in [-0.3, -0.25) is 9.78 Å². The topological polar surface area (TPSA) is 70.2 Å². The van der Waals surface area contributed by atoms with Gasteiger partial charge in [-0.15, -0.1) is 0 Å². The van der Waals surface area contributed by atoms with Crippen LogP contribution in [0.2, 0.25) is 15.2 Å². The van der Waals surface area contributed by atoms with Crippen molar-refractivity contribution in [3.05, 3.63) is 99.2 Å². The molecule has 5 aromatic rings. The average Bonchev–Trinajstić information content (AvgIpc) is 3.44. The van der Waals surface area contributed by atoms with Crippen molar-refractivity contribution >= 4 is 51.5 Å². The van der Waals surface area contributed by atoms with Gasteiger partial charge in [-0.2, -0.15) is 0 Å². The molecule has 6 nitrogen and oxygen atoms in total. The molecule has 0 aliphatic heterocycles. The second-order valence-electron chi connectivity index (χ2n) is 7.47. The fraction of sp³-hybridized carbons (Fsp3) is 0.0800. The Bertz CT molecular complexity index is 1530. The second-order valence-corrected chi connectivity index (χ2v) is 8.67. The molecule has 0 aliphatic rings. The number of rotatable bonds is 6. The summed E-state index contributed by atoms with van der Waals surface area (Å²) < 4.78 is 13.0. The van der Waals surface area contributed by atoms with E-state index >= 15 is 0 Å². The number of benzene rings is 2. The summed E-state index contributed by atoms with van der Waals surface area (Å²) in [6, 6.07) is 14.2. The number of oxazole rings is 1. The van der Waals surface area contributed by atoms with Gasteiger partial charge in [-0.05, 0) is 48.0 Å². The van der Waals surface area contributed by atoms with Gasteiger partial charge < -0.3 is 13.7 Å². The summed E-state index contributed by atoms with van der Waals surface area (Å²) in [6.45, 7) is 0.336. The van der Waals surface area contributed by atoms with E-state index in [2.05, 4.69) is 9.97 Å². The SMILES string of the molecule is COc1ccc2c(c1)c(C(=O)c1cnc(-c3cccnc3)o1)c(Cl)n2Cc1ccc(Cl)cc1Cl. The number of ketones is 1. The number of hydrogen-bond acceptors (Lipinski definition) is 5. The Morgan fingerprint density at radius 3 is 2.68 bits per heavy atom. The first-order valence-corrected chi connectivity index (χ1v) is 11.3. The number of aromatic nitrogens is 3. The molecule has 0 atom stereocenters. The number of fused-ring (bicyclic) bond motifs is 1. The molecule has 0 N–H and O–H groups in total. The molecule has 0 fully saturated rings. The molecule has 0 saturated heterocycles. The van der Waals surface area contributed by atoms with E-state index in [1.54, 1.807) is 49.8 Å². The van der Waals surface area contributed by atoms with Crippen LogP contribution >= 0.6 is 34.8 Å². The highest BCUT2D eigenvalue weighted by Gasteiger charge is 2.26. The van der Waals surface area contributed by atoms with Crippen LogP contribution in [-0.4, -0.2) is 27.4 Å². The number of methoxy groups -OCH3 is 1. The number of nitrogens with zero attached hydrogens (tertiary/aromatic N) is 3. The summed E-state index contributed by atoms with van der Waals surface area (Å²) in [5.41, 5.74) is 2.49. The highest BCUT2D eigenvalue weighted by Crippen LogP contribution is 2.36. The molecule has 170 valence electrons. The summed E-state index contributed by atoms with van der Waals surface area (Å²) >= 11 is 19.3. The number of ether oxygens (including phenoxy) is 1. The quantitative estimate of drug-likeness (QED) is 0.230. The minimum atomic E-state index is -0.396. The van der Waals surface area contributed by atoms with Crippen LogP contribution < -0.4 is 4.74 Å². The average molecular weight is 513 g/mol. The fourth-order valence-corrected chi connectivity index (χ4v) is 4.55. The minimum absolute atomic E-state index is 0.0622. The Hall–Kier alpha value is -3.32. The van der Waals surface area contributed by atoms with E-state index in [9.17, 15) is 4.79 Å². The van der Waals surface area contributed by atoms with E-state index in [1.165, 1.54) is 6.20 Å². The van der Waals surface area contributed by atoms with Crippen molar-refractivity contribution in [3.63, 3.8) is 0 Å². The van der Waals surface area contributed by atoms with E-state index < -0.39 is 5.78 Å². The van der Waals surface area contributed by atoms with Crippen molar-refractivity contribution in [2.75, 3.05) is 7.11 Å². The van der Waals surface area contributed by atoms with Crippen LogP contribution in [0.25, 0.3) is 22.4 Å². The van der Waals surface area contributed by atoms with Crippen LogP contribution in [0.15, 0.2) is 71.5 Å². The predicted molar refractivity (Wildman–Crippen MR) is 132 cm³/mol. The molecule has 0 unspecified atom stereocenters. The predicted octanol–water partition coefficient (Wildman–Crippen LogP) is 6.94. The monoisotopic (exact) mass is 511 g/mol. The number of hydrogen-bond donors (Lipinski definition) is 0. The number of pyridine rings is 1. The number of carbonyl (C=O) groups is 1. The summed E-state index contributed by atoms with van der Waals surface area (Å²) in [7, 11) is 1.56. The molecule has 0 amide bonds. The number of halogens is 3. The number of carbonyl (C=O) groups excluding carboxylic acids is 1. The van der Waals surface area contributed by atoms with Crippen LogP contribution in [0, 0.1) is 0 Å². The second kappa shape index (κ2) is 9.14. The summed E-state index contributed by atoms with van der Waals surface area (Å²) in [6.07, 6.45) is 4.65. The van der Waals surface area contributed by atoms with E-state index in [0.29, 0.717) is 39.2 Å². The summed E-state index contributed by atoms with van der Waals surface area (Å²) in [5, 5.41) is 1.91. The Morgan fingerprint density at radius 1 is 1.09 bits per heavy atom. The van der Waals surface area contributed by atoms with Crippen molar-refractivity contribution in [1.29, 1.82) is 0 Å². The summed E-state index contributed by atoms with van der Waals surface area (Å²) in [4.78, 5) is 21.9. The van der Waals surface area contributed by atoms with Gasteiger partial charge >= 0.3 is 0 Å². The highest BCUT2D eigenvalue weighted by atomic mass is 35.5. The molecule has 34 heavy (non-hydrogen) atoms. The molecule has 0 spiro atoms. The molecule has 0 radical (unpaired) electrons. The third-order valence-electron chi connectivity index (χ3n) is 5.42. The lowest BCUT2D eigenvalue weighted by atomic mass is 10.1. The van der Waals surface area contributed by atoms with Gasteiger partial charge in [0.15, 0.2) is 5.76 Å². The van der Waals surface area contributed by atoms with Gasteiger partial charge in [0.05, 0.1) is 36.5 Å². The molecule has 5 rings (SSSR count). The lowest BCUT2D eigenvalue weighted by Crippen LogP contribution is -2.03. The lowest BCUT2D eigenvalue weighted by molar-refractivity contribution is 0.101. The van der Waals surface area contributed by atoms with Gasteiger partial charge in [-0.25, -0.2) is 4.98 Å². The van der Waals surface area contributed by atoms with Crippen LogP contribution in [0.1, 0.15) is 21.7 Å². The third kappa shape index (κ3) is 4.05. The van der Waals surface area contributed by atoms with Crippen LogP contribution in [0.3, 0.4) is 0 Å². The van der Waals surface area contributed by atoms with Crippen LogP contribution in [0.4, 0.5) is 0 Å². The van der Waals surface area contributed by atoms with Crippen LogP contribution in [-0.2, 0) is 6.54 Å². The first kappa shape index (κ1) is 22.5. The molecule has 2 aromatic carbocycles.